The van der Waals surface area contributed by atoms with Gasteiger partial charge in [0.1, 0.15) is 11.0 Å². The smallest absolute Gasteiger partial charge is 0.258 e. The Hall–Kier alpha value is -3.02. The van der Waals surface area contributed by atoms with E-state index in [2.05, 4.69) is 28.1 Å². The molecular formula is C27H25ClFN3O. The van der Waals surface area contributed by atoms with Gasteiger partial charge in [-0.2, -0.15) is 0 Å². The zero-order valence-corrected chi connectivity index (χ0v) is 19.0. The quantitative estimate of drug-likeness (QED) is 0.476. The van der Waals surface area contributed by atoms with Crippen LogP contribution >= 0.6 is 11.6 Å². The van der Waals surface area contributed by atoms with E-state index in [9.17, 15) is 9.18 Å². The van der Waals surface area contributed by atoms with Crippen LogP contribution in [-0.2, 0) is 5.41 Å². The lowest BCUT2D eigenvalue weighted by molar-refractivity contribution is 0.0977. The maximum atomic E-state index is 13.3. The standard InChI is InChI=1S/C27H25ClFN3O/c28-25-18-21(11-14-30-25)26(33)32-19-27(23-5-1-2-6-24(23)32)12-16-31(17-13-27)15-3-4-20-7-9-22(29)10-8-20/h1-11,14,18H,12-13,15-17,19H2/b4-3+. The number of aromatic nitrogens is 1. The summed E-state index contributed by atoms with van der Waals surface area (Å²) >= 11 is 6.03. The fraction of sp³-hybridized carbons (Fsp3) is 0.259. The number of halogens is 2. The molecule has 1 saturated heterocycles. The number of anilines is 1. The van der Waals surface area contributed by atoms with Crippen molar-refractivity contribution in [3.8, 4) is 0 Å². The van der Waals surface area contributed by atoms with Crippen LogP contribution in [0.1, 0.15) is 34.3 Å². The minimum atomic E-state index is -0.218. The first kappa shape index (κ1) is 21.8. The number of carbonyl (C=O) groups is 1. The van der Waals surface area contributed by atoms with E-state index in [1.165, 1.54) is 17.7 Å². The molecule has 6 heteroatoms. The summed E-state index contributed by atoms with van der Waals surface area (Å²) in [6.45, 7) is 3.47. The number of carbonyl (C=O) groups excluding carboxylic acids is 1. The van der Waals surface area contributed by atoms with Crippen LogP contribution in [0.3, 0.4) is 0 Å². The van der Waals surface area contributed by atoms with E-state index in [1.807, 2.05) is 23.1 Å². The largest absolute Gasteiger partial charge is 0.307 e. The van der Waals surface area contributed by atoms with Gasteiger partial charge >= 0.3 is 0 Å². The van der Waals surface area contributed by atoms with Crippen molar-refractivity contribution in [2.45, 2.75) is 18.3 Å². The Morgan fingerprint density at radius 1 is 1.09 bits per heavy atom. The second kappa shape index (κ2) is 9.08. The van der Waals surface area contributed by atoms with Crippen molar-refractivity contribution in [3.63, 3.8) is 0 Å². The average Bonchev–Trinajstić information content (AvgIpc) is 3.15. The van der Waals surface area contributed by atoms with Gasteiger partial charge in [0.25, 0.3) is 5.91 Å². The molecule has 1 spiro atoms. The fourth-order valence-corrected chi connectivity index (χ4v) is 5.18. The number of nitrogens with zero attached hydrogens (tertiary/aromatic N) is 3. The number of pyridine rings is 1. The van der Waals surface area contributed by atoms with E-state index in [4.69, 9.17) is 11.6 Å². The normalized spacial score (nSPS) is 17.6. The lowest BCUT2D eigenvalue weighted by Crippen LogP contribution is -2.46. The van der Waals surface area contributed by atoms with Gasteiger partial charge < -0.3 is 4.90 Å². The number of amides is 1. The molecule has 0 unspecified atom stereocenters. The van der Waals surface area contributed by atoms with Gasteiger partial charge in [-0.05, 0) is 67.4 Å². The highest BCUT2D eigenvalue weighted by Crippen LogP contribution is 2.47. The summed E-state index contributed by atoms with van der Waals surface area (Å²) in [7, 11) is 0. The molecular weight excluding hydrogens is 437 g/mol. The Morgan fingerprint density at radius 2 is 1.85 bits per heavy atom. The monoisotopic (exact) mass is 461 g/mol. The minimum absolute atomic E-state index is 0.0275. The van der Waals surface area contributed by atoms with Crippen LogP contribution in [0.5, 0.6) is 0 Å². The molecule has 4 nitrogen and oxygen atoms in total. The number of rotatable bonds is 4. The third-order valence-electron chi connectivity index (χ3n) is 6.80. The fourth-order valence-electron chi connectivity index (χ4n) is 5.01. The highest BCUT2D eigenvalue weighted by atomic mass is 35.5. The summed E-state index contributed by atoms with van der Waals surface area (Å²) in [5.41, 5.74) is 3.80. The molecule has 5 rings (SSSR count). The van der Waals surface area contributed by atoms with Crippen LogP contribution in [0.25, 0.3) is 6.08 Å². The molecule has 33 heavy (non-hydrogen) atoms. The molecule has 3 heterocycles. The lowest BCUT2D eigenvalue weighted by Gasteiger charge is -2.39. The van der Waals surface area contributed by atoms with Crippen molar-refractivity contribution in [3.05, 3.63) is 101 Å². The van der Waals surface area contributed by atoms with Crippen LogP contribution in [0.4, 0.5) is 10.1 Å². The first-order valence-corrected chi connectivity index (χ1v) is 11.6. The van der Waals surface area contributed by atoms with E-state index in [1.54, 1.807) is 30.5 Å². The molecule has 1 aromatic heterocycles. The van der Waals surface area contributed by atoms with Crippen LogP contribution < -0.4 is 4.90 Å². The van der Waals surface area contributed by atoms with E-state index < -0.39 is 0 Å². The molecule has 0 atom stereocenters. The highest BCUT2D eigenvalue weighted by molar-refractivity contribution is 6.29. The lowest BCUT2D eigenvalue weighted by atomic mass is 9.74. The Balaban J connectivity index is 1.29. The zero-order chi connectivity index (χ0) is 22.8. The molecule has 2 aliphatic rings. The van der Waals surface area contributed by atoms with E-state index in [0.29, 0.717) is 17.3 Å². The van der Waals surface area contributed by atoms with Crippen molar-refractivity contribution in [1.29, 1.82) is 0 Å². The van der Waals surface area contributed by atoms with Crippen LogP contribution in [0, 0.1) is 5.82 Å². The van der Waals surface area contributed by atoms with Crippen molar-refractivity contribution in [2.75, 3.05) is 31.1 Å². The van der Waals surface area contributed by atoms with Gasteiger partial charge in [0, 0.05) is 36.0 Å². The van der Waals surface area contributed by atoms with Crippen LogP contribution in [0.2, 0.25) is 5.15 Å². The van der Waals surface area contributed by atoms with E-state index in [0.717, 1.165) is 43.7 Å². The Kier molecular flexibility index (Phi) is 6.00. The number of benzene rings is 2. The summed E-state index contributed by atoms with van der Waals surface area (Å²) in [5.74, 6) is -0.252. The molecule has 2 aromatic carbocycles. The first-order chi connectivity index (χ1) is 16.0. The number of fused-ring (bicyclic) bond motifs is 2. The summed E-state index contributed by atoms with van der Waals surface area (Å²) in [6.07, 6.45) is 7.74. The molecule has 3 aromatic rings. The SMILES string of the molecule is O=C(c1ccnc(Cl)c1)N1CC2(CCN(C/C=C/c3ccc(F)cc3)CC2)c2ccccc21. The molecule has 0 saturated carbocycles. The molecule has 0 N–H and O–H groups in total. The number of para-hydroxylation sites is 1. The minimum Gasteiger partial charge on any atom is -0.307 e. The first-order valence-electron chi connectivity index (χ1n) is 11.2. The second-order valence-corrected chi connectivity index (χ2v) is 9.20. The number of likely N-dealkylation sites (tertiary alicyclic amines) is 1. The third kappa shape index (κ3) is 4.43. The van der Waals surface area contributed by atoms with Gasteiger partial charge in [0.05, 0.1) is 0 Å². The third-order valence-corrected chi connectivity index (χ3v) is 7.01. The number of hydrogen-bond donors (Lipinski definition) is 0. The topological polar surface area (TPSA) is 36.4 Å². The van der Waals surface area contributed by atoms with E-state index >= 15 is 0 Å². The van der Waals surface area contributed by atoms with Crippen LogP contribution in [0.15, 0.2) is 72.9 Å². The zero-order valence-electron chi connectivity index (χ0n) is 18.3. The summed E-state index contributed by atoms with van der Waals surface area (Å²) in [6, 6.07) is 18.2. The van der Waals surface area contributed by atoms with Crippen molar-refractivity contribution >= 4 is 29.3 Å². The van der Waals surface area contributed by atoms with Crippen molar-refractivity contribution < 1.29 is 9.18 Å². The Bertz CT molecular complexity index is 1190. The molecule has 2 aliphatic heterocycles. The van der Waals surface area contributed by atoms with Gasteiger partial charge in [0.2, 0.25) is 0 Å². The molecule has 1 amide bonds. The van der Waals surface area contributed by atoms with Gasteiger partial charge in [-0.15, -0.1) is 0 Å². The van der Waals surface area contributed by atoms with Gasteiger partial charge in [-0.3, -0.25) is 9.69 Å². The average molecular weight is 462 g/mol. The molecule has 1 fully saturated rings. The Labute approximate surface area is 198 Å². The maximum Gasteiger partial charge on any atom is 0.258 e. The number of piperidine rings is 1. The summed E-state index contributed by atoms with van der Waals surface area (Å²) < 4.78 is 13.1. The van der Waals surface area contributed by atoms with Gasteiger partial charge in [-0.25, -0.2) is 9.37 Å². The Morgan fingerprint density at radius 3 is 2.61 bits per heavy atom. The van der Waals surface area contributed by atoms with Crippen LogP contribution in [-0.4, -0.2) is 42.0 Å². The van der Waals surface area contributed by atoms with Gasteiger partial charge in [0.15, 0.2) is 0 Å². The second-order valence-electron chi connectivity index (χ2n) is 8.81. The summed E-state index contributed by atoms with van der Waals surface area (Å²) in [5, 5.41) is 0.324. The van der Waals surface area contributed by atoms with Gasteiger partial charge in [-0.1, -0.05) is 54.1 Å². The molecule has 0 aliphatic carbocycles. The van der Waals surface area contributed by atoms with Crippen molar-refractivity contribution in [2.24, 2.45) is 0 Å². The van der Waals surface area contributed by atoms with E-state index in [-0.39, 0.29) is 17.1 Å². The molecule has 168 valence electrons. The maximum absolute atomic E-state index is 13.3. The van der Waals surface area contributed by atoms with Crippen molar-refractivity contribution in [1.82, 2.24) is 9.88 Å². The number of hydrogen-bond acceptors (Lipinski definition) is 3. The predicted octanol–water partition coefficient (Wildman–Crippen LogP) is 5.58. The highest BCUT2D eigenvalue weighted by Gasteiger charge is 2.46. The molecule has 0 bridgehead atoms. The predicted molar refractivity (Wildman–Crippen MR) is 130 cm³/mol. The molecule has 0 radical (unpaired) electrons. The summed E-state index contributed by atoms with van der Waals surface area (Å²) in [4.78, 5) is 21.7.